The SMILES string of the molecule is O=C1CCCc2cc(C(=O)Nc3nnc(CCN4C(=O)c5ccccc5C4=O)s3)ccc2N1. The van der Waals surface area contributed by atoms with Gasteiger partial charge in [0.05, 0.1) is 11.1 Å². The first kappa shape index (κ1) is 21.0. The van der Waals surface area contributed by atoms with Crippen LogP contribution in [0.1, 0.15) is 54.5 Å². The molecule has 0 atom stereocenters. The third-order valence-electron chi connectivity index (χ3n) is 5.61. The van der Waals surface area contributed by atoms with Gasteiger partial charge in [-0.25, -0.2) is 0 Å². The van der Waals surface area contributed by atoms with Gasteiger partial charge < -0.3 is 5.32 Å². The molecule has 10 heteroatoms. The minimum atomic E-state index is -0.323. The van der Waals surface area contributed by atoms with E-state index in [2.05, 4.69) is 20.8 Å². The van der Waals surface area contributed by atoms with E-state index in [1.54, 1.807) is 42.5 Å². The number of benzene rings is 2. The molecule has 0 aliphatic carbocycles. The van der Waals surface area contributed by atoms with Crippen molar-refractivity contribution >= 4 is 45.8 Å². The van der Waals surface area contributed by atoms with Gasteiger partial charge in [0, 0.05) is 30.6 Å². The summed E-state index contributed by atoms with van der Waals surface area (Å²) in [6.07, 6.45) is 2.26. The zero-order valence-electron chi connectivity index (χ0n) is 17.5. The van der Waals surface area contributed by atoms with Crippen LogP contribution in [-0.4, -0.2) is 45.3 Å². The van der Waals surface area contributed by atoms with E-state index in [1.807, 2.05) is 0 Å². The zero-order chi connectivity index (χ0) is 22.9. The van der Waals surface area contributed by atoms with E-state index >= 15 is 0 Å². The Balaban J connectivity index is 1.22. The molecule has 2 aliphatic rings. The first-order valence-electron chi connectivity index (χ1n) is 10.5. The molecule has 2 N–H and O–H groups in total. The molecule has 0 fully saturated rings. The van der Waals surface area contributed by atoms with Gasteiger partial charge in [-0.15, -0.1) is 10.2 Å². The predicted octanol–water partition coefficient (Wildman–Crippen LogP) is 2.90. The number of hydrogen-bond acceptors (Lipinski definition) is 7. The number of imide groups is 1. The van der Waals surface area contributed by atoms with Gasteiger partial charge in [-0.05, 0) is 48.7 Å². The summed E-state index contributed by atoms with van der Waals surface area (Å²) < 4.78 is 0. The fourth-order valence-electron chi connectivity index (χ4n) is 3.94. The van der Waals surface area contributed by atoms with E-state index < -0.39 is 0 Å². The van der Waals surface area contributed by atoms with Crippen molar-refractivity contribution in [2.24, 2.45) is 0 Å². The van der Waals surface area contributed by atoms with Gasteiger partial charge in [0.25, 0.3) is 17.7 Å². The number of nitrogens with zero attached hydrogens (tertiary/aromatic N) is 3. The summed E-state index contributed by atoms with van der Waals surface area (Å²) in [7, 11) is 0. The molecule has 2 aliphatic heterocycles. The van der Waals surface area contributed by atoms with Crippen molar-refractivity contribution in [1.82, 2.24) is 15.1 Å². The highest BCUT2D eigenvalue weighted by atomic mass is 32.1. The minimum absolute atomic E-state index is 0.0199. The van der Waals surface area contributed by atoms with Crippen molar-refractivity contribution < 1.29 is 19.2 Å². The van der Waals surface area contributed by atoms with Gasteiger partial charge in [-0.2, -0.15) is 0 Å². The van der Waals surface area contributed by atoms with Crippen LogP contribution in [0.25, 0.3) is 0 Å². The van der Waals surface area contributed by atoms with E-state index in [0.29, 0.717) is 39.7 Å². The summed E-state index contributed by atoms with van der Waals surface area (Å²) >= 11 is 1.20. The second-order valence-electron chi connectivity index (χ2n) is 7.79. The Morgan fingerprint density at radius 1 is 1.03 bits per heavy atom. The lowest BCUT2D eigenvalue weighted by atomic mass is 10.0. The Bertz CT molecular complexity index is 1270. The maximum atomic E-state index is 12.7. The molecule has 0 unspecified atom stereocenters. The third kappa shape index (κ3) is 4.12. The van der Waals surface area contributed by atoms with Crippen molar-refractivity contribution in [1.29, 1.82) is 0 Å². The third-order valence-corrected chi connectivity index (χ3v) is 6.50. The molecule has 9 nitrogen and oxygen atoms in total. The monoisotopic (exact) mass is 461 g/mol. The number of carbonyl (C=O) groups is 4. The molecular weight excluding hydrogens is 442 g/mol. The quantitative estimate of drug-likeness (QED) is 0.564. The van der Waals surface area contributed by atoms with E-state index in [4.69, 9.17) is 0 Å². The van der Waals surface area contributed by atoms with Crippen LogP contribution in [0, 0.1) is 0 Å². The molecule has 3 aromatic rings. The van der Waals surface area contributed by atoms with E-state index in [1.165, 1.54) is 16.2 Å². The molecule has 0 spiro atoms. The van der Waals surface area contributed by atoms with Crippen molar-refractivity contribution in [3.8, 4) is 0 Å². The number of rotatable bonds is 5. The van der Waals surface area contributed by atoms with Gasteiger partial charge in [0.1, 0.15) is 5.01 Å². The van der Waals surface area contributed by atoms with Crippen LogP contribution in [0.15, 0.2) is 42.5 Å². The summed E-state index contributed by atoms with van der Waals surface area (Å²) in [6, 6.07) is 11.9. The normalized spacial score (nSPS) is 15.0. The lowest BCUT2D eigenvalue weighted by Crippen LogP contribution is -2.31. The molecule has 3 heterocycles. The lowest BCUT2D eigenvalue weighted by molar-refractivity contribution is -0.116. The summed E-state index contributed by atoms with van der Waals surface area (Å²) in [5, 5.41) is 14.6. The Kier molecular flexibility index (Phi) is 5.43. The number of carbonyl (C=O) groups excluding carboxylic acids is 4. The fourth-order valence-corrected chi connectivity index (χ4v) is 4.66. The number of aromatic nitrogens is 2. The van der Waals surface area contributed by atoms with Crippen LogP contribution in [0.3, 0.4) is 0 Å². The molecule has 0 saturated carbocycles. The van der Waals surface area contributed by atoms with Gasteiger partial charge >= 0.3 is 0 Å². The maximum Gasteiger partial charge on any atom is 0.261 e. The summed E-state index contributed by atoms with van der Waals surface area (Å²) in [6.45, 7) is 0.186. The number of fused-ring (bicyclic) bond motifs is 2. The number of anilines is 2. The summed E-state index contributed by atoms with van der Waals surface area (Å²) in [5.74, 6) is -0.967. The average molecular weight is 462 g/mol. The zero-order valence-corrected chi connectivity index (χ0v) is 18.3. The molecular formula is C23H19N5O4S. The van der Waals surface area contributed by atoms with Crippen LogP contribution in [0.5, 0.6) is 0 Å². The highest BCUT2D eigenvalue weighted by Gasteiger charge is 2.34. The average Bonchev–Trinajstić information content (AvgIpc) is 3.28. The Labute approximate surface area is 192 Å². The van der Waals surface area contributed by atoms with E-state index in [0.717, 1.165) is 24.1 Å². The molecule has 0 radical (unpaired) electrons. The number of amides is 4. The highest BCUT2D eigenvalue weighted by molar-refractivity contribution is 7.15. The van der Waals surface area contributed by atoms with Crippen molar-refractivity contribution in [2.45, 2.75) is 25.7 Å². The van der Waals surface area contributed by atoms with Gasteiger partial charge in [-0.1, -0.05) is 23.5 Å². The largest absolute Gasteiger partial charge is 0.326 e. The molecule has 166 valence electrons. The lowest BCUT2D eigenvalue weighted by Gasteiger charge is -2.12. The van der Waals surface area contributed by atoms with Crippen LogP contribution in [-0.2, 0) is 17.6 Å². The second kappa shape index (κ2) is 8.55. The molecule has 5 rings (SSSR count). The van der Waals surface area contributed by atoms with Gasteiger partial charge in [0.2, 0.25) is 11.0 Å². The Morgan fingerprint density at radius 3 is 2.55 bits per heavy atom. The van der Waals surface area contributed by atoms with Crippen molar-refractivity contribution in [3.63, 3.8) is 0 Å². The predicted molar refractivity (Wildman–Crippen MR) is 121 cm³/mol. The molecule has 0 bridgehead atoms. The van der Waals surface area contributed by atoms with Gasteiger partial charge in [0.15, 0.2) is 0 Å². The Hall–Kier alpha value is -3.92. The number of aryl methyl sites for hydroxylation is 1. The van der Waals surface area contributed by atoms with Crippen LogP contribution in [0.2, 0.25) is 0 Å². The van der Waals surface area contributed by atoms with Crippen molar-refractivity contribution in [3.05, 3.63) is 69.7 Å². The maximum absolute atomic E-state index is 12.7. The van der Waals surface area contributed by atoms with Gasteiger partial charge in [-0.3, -0.25) is 29.4 Å². The number of nitrogens with one attached hydrogen (secondary N) is 2. The number of hydrogen-bond donors (Lipinski definition) is 2. The van der Waals surface area contributed by atoms with Crippen LogP contribution in [0.4, 0.5) is 10.8 Å². The van der Waals surface area contributed by atoms with Crippen molar-refractivity contribution in [2.75, 3.05) is 17.2 Å². The Morgan fingerprint density at radius 2 is 1.79 bits per heavy atom. The fraction of sp³-hybridized carbons (Fsp3) is 0.217. The topological polar surface area (TPSA) is 121 Å². The van der Waals surface area contributed by atoms with E-state index in [-0.39, 0.29) is 30.2 Å². The first-order valence-corrected chi connectivity index (χ1v) is 11.3. The highest BCUT2D eigenvalue weighted by Crippen LogP contribution is 2.25. The molecule has 4 amide bonds. The molecule has 33 heavy (non-hydrogen) atoms. The minimum Gasteiger partial charge on any atom is -0.326 e. The standard InChI is InChI=1S/C23H19N5O4S/c29-18-7-3-4-13-12-14(8-9-17(13)24-18)20(30)25-23-27-26-19(33-23)10-11-28-21(31)15-5-1-2-6-16(15)22(28)32/h1-2,5-6,8-9,12H,3-4,7,10-11H2,(H,24,29)(H,25,27,30). The second-order valence-corrected chi connectivity index (χ2v) is 8.85. The summed E-state index contributed by atoms with van der Waals surface area (Å²) in [5.41, 5.74) is 2.95. The molecule has 1 aromatic heterocycles. The summed E-state index contributed by atoms with van der Waals surface area (Å²) in [4.78, 5) is 50.5. The van der Waals surface area contributed by atoms with Crippen LogP contribution >= 0.6 is 11.3 Å². The molecule has 0 saturated heterocycles. The molecule has 2 aromatic carbocycles. The first-order chi connectivity index (χ1) is 16.0. The van der Waals surface area contributed by atoms with Crippen LogP contribution < -0.4 is 10.6 Å². The van der Waals surface area contributed by atoms with E-state index in [9.17, 15) is 19.2 Å². The smallest absolute Gasteiger partial charge is 0.261 e.